The Morgan fingerprint density at radius 1 is 1.12 bits per heavy atom. The van der Waals surface area contributed by atoms with Gasteiger partial charge in [0.2, 0.25) is 0 Å². The fourth-order valence-corrected chi connectivity index (χ4v) is 4.32. The van der Waals surface area contributed by atoms with Crippen molar-refractivity contribution in [2.24, 2.45) is 5.92 Å². The van der Waals surface area contributed by atoms with Crippen LogP contribution < -0.4 is 0 Å². The molecule has 1 nitrogen and oxygen atoms in total. The van der Waals surface area contributed by atoms with Gasteiger partial charge in [-0.25, -0.2) is 0 Å². The lowest BCUT2D eigenvalue weighted by Gasteiger charge is -2.26. The SMILES string of the molecule is C=C(CC)c1cccc(-c2c(C)ccc3c2C(C(CC)CC)C(O)=C3)c1. The molecule has 136 valence electrons. The maximum atomic E-state index is 10.7. The van der Waals surface area contributed by atoms with Crippen LogP contribution in [0.15, 0.2) is 48.7 Å². The molecule has 0 bridgehead atoms. The van der Waals surface area contributed by atoms with E-state index in [1.54, 1.807) is 0 Å². The van der Waals surface area contributed by atoms with Gasteiger partial charge in [0.1, 0.15) is 5.76 Å². The van der Waals surface area contributed by atoms with Crippen molar-refractivity contribution >= 4 is 11.6 Å². The van der Waals surface area contributed by atoms with Crippen LogP contribution in [0.3, 0.4) is 0 Å². The second kappa shape index (κ2) is 7.53. The Morgan fingerprint density at radius 2 is 1.85 bits per heavy atom. The van der Waals surface area contributed by atoms with Crippen LogP contribution in [0.25, 0.3) is 22.8 Å². The Morgan fingerprint density at radius 3 is 2.50 bits per heavy atom. The van der Waals surface area contributed by atoms with Crippen LogP contribution in [0.1, 0.15) is 68.2 Å². The zero-order chi connectivity index (χ0) is 18.8. The minimum absolute atomic E-state index is 0.105. The summed E-state index contributed by atoms with van der Waals surface area (Å²) in [6, 6.07) is 13.0. The average Bonchev–Trinajstić information content (AvgIpc) is 2.98. The fourth-order valence-electron chi connectivity index (χ4n) is 4.32. The van der Waals surface area contributed by atoms with Crippen molar-refractivity contribution in [2.75, 3.05) is 0 Å². The van der Waals surface area contributed by atoms with Gasteiger partial charge in [0.15, 0.2) is 0 Å². The molecule has 0 fully saturated rings. The lowest BCUT2D eigenvalue weighted by molar-refractivity contribution is 0.313. The molecule has 0 aromatic heterocycles. The van der Waals surface area contributed by atoms with E-state index in [9.17, 15) is 5.11 Å². The number of hydrogen-bond donors (Lipinski definition) is 1. The van der Waals surface area contributed by atoms with Crippen LogP contribution in [-0.2, 0) is 0 Å². The highest BCUT2D eigenvalue weighted by Gasteiger charge is 2.33. The first kappa shape index (κ1) is 18.5. The Bertz CT molecular complexity index is 852. The van der Waals surface area contributed by atoms with Crippen LogP contribution in [-0.4, -0.2) is 5.11 Å². The van der Waals surface area contributed by atoms with Crippen LogP contribution in [0.4, 0.5) is 0 Å². The summed E-state index contributed by atoms with van der Waals surface area (Å²) in [6.07, 6.45) is 5.06. The third-order valence-electron chi connectivity index (χ3n) is 5.93. The minimum atomic E-state index is 0.105. The number of benzene rings is 2. The molecule has 1 aliphatic carbocycles. The molecule has 1 aliphatic rings. The largest absolute Gasteiger partial charge is 0.512 e. The van der Waals surface area contributed by atoms with Crippen LogP contribution >= 0.6 is 0 Å². The summed E-state index contributed by atoms with van der Waals surface area (Å²) in [5.74, 6) is 1.09. The number of fused-ring (bicyclic) bond motifs is 1. The van der Waals surface area contributed by atoms with E-state index in [2.05, 4.69) is 70.7 Å². The summed E-state index contributed by atoms with van der Waals surface area (Å²) in [6.45, 7) is 13.0. The van der Waals surface area contributed by atoms with Gasteiger partial charge < -0.3 is 5.11 Å². The molecule has 0 spiro atoms. The predicted molar refractivity (Wildman–Crippen MR) is 113 cm³/mol. The van der Waals surface area contributed by atoms with Crippen LogP contribution in [0.5, 0.6) is 0 Å². The number of rotatable bonds is 6. The lowest BCUT2D eigenvalue weighted by Crippen LogP contribution is -2.13. The standard InChI is InChI=1S/C25H30O/c1-6-16(4)19-10-9-11-20(14-19)23-17(5)12-13-21-15-22(26)24(25(21)23)18(7-2)8-3/h9-15,18,24,26H,4,6-8H2,1-3,5H3. The van der Waals surface area contributed by atoms with Crippen molar-refractivity contribution in [1.29, 1.82) is 0 Å². The van der Waals surface area contributed by atoms with Gasteiger partial charge in [0.25, 0.3) is 0 Å². The highest BCUT2D eigenvalue weighted by Crippen LogP contribution is 2.48. The van der Waals surface area contributed by atoms with Gasteiger partial charge in [-0.1, -0.05) is 70.5 Å². The molecule has 1 atom stereocenters. The van der Waals surface area contributed by atoms with E-state index in [-0.39, 0.29) is 5.92 Å². The molecule has 3 rings (SSSR count). The van der Waals surface area contributed by atoms with Crippen molar-refractivity contribution in [3.05, 3.63) is 71.0 Å². The number of aryl methyl sites for hydroxylation is 1. The van der Waals surface area contributed by atoms with Gasteiger partial charge in [0.05, 0.1) is 0 Å². The van der Waals surface area contributed by atoms with Gasteiger partial charge >= 0.3 is 0 Å². The van der Waals surface area contributed by atoms with E-state index in [0.29, 0.717) is 11.7 Å². The molecule has 2 aromatic carbocycles. The van der Waals surface area contributed by atoms with Crippen molar-refractivity contribution in [3.63, 3.8) is 0 Å². The number of allylic oxidation sites excluding steroid dienone is 2. The first-order chi connectivity index (χ1) is 12.5. The maximum Gasteiger partial charge on any atom is 0.101 e. The van der Waals surface area contributed by atoms with Gasteiger partial charge in [-0.15, -0.1) is 0 Å². The molecule has 2 aromatic rings. The molecule has 1 heteroatoms. The van der Waals surface area contributed by atoms with Gasteiger partial charge in [-0.2, -0.15) is 0 Å². The fraction of sp³-hybridized carbons (Fsp3) is 0.360. The van der Waals surface area contributed by atoms with Crippen molar-refractivity contribution in [2.45, 2.75) is 52.9 Å². The Labute approximate surface area is 158 Å². The summed E-state index contributed by atoms with van der Waals surface area (Å²) in [5.41, 5.74) is 8.61. The molecular weight excluding hydrogens is 316 g/mol. The second-order valence-corrected chi connectivity index (χ2v) is 7.42. The topological polar surface area (TPSA) is 20.2 Å². The first-order valence-electron chi connectivity index (χ1n) is 9.84. The van der Waals surface area contributed by atoms with E-state index in [4.69, 9.17) is 0 Å². The summed E-state index contributed by atoms with van der Waals surface area (Å²) in [7, 11) is 0. The van der Waals surface area contributed by atoms with E-state index >= 15 is 0 Å². The summed E-state index contributed by atoms with van der Waals surface area (Å²) >= 11 is 0. The van der Waals surface area contributed by atoms with Gasteiger partial charge in [-0.05, 0) is 70.4 Å². The molecular formula is C25H30O. The summed E-state index contributed by atoms with van der Waals surface area (Å²) in [4.78, 5) is 0. The number of hydrogen-bond acceptors (Lipinski definition) is 1. The lowest BCUT2D eigenvalue weighted by atomic mass is 9.78. The Hall–Kier alpha value is -2.28. The Kier molecular flexibility index (Phi) is 5.36. The molecule has 0 heterocycles. The third kappa shape index (κ3) is 3.11. The normalized spacial score (nSPS) is 15.9. The predicted octanol–water partition coefficient (Wildman–Crippen LogP) is 7.52. The maximum absolute atomic E-state index is 10.7. The molecule has 1 unspecified atom stereocenters. The zero-order valence-electron chi connectivity index (χ0n) is 16.5. The minimum Gasteiger partial charge on any atom is -0.512 e. The van der Waals surface area contributed by atoms with Crippen molar-refractivity contribution in [3.8, 4) is 11.1 Å². The molecule has 26 heavy (non-hydrogen) atoms. The second-order valence-electron chi connectivity index (χ2n) is 7.42. The smallest absolute Gasteiger partial charge is 0.101 e. The quantitative estimate of drug-likeness (QED) is 0.573. The summed E-state index contributed by atoms with van der Waals surface area (Å²) in [5, 5.41) is 10.7. The van der Waals surface area contributed by atoms with E-state index in [0.717, 1.165) is 24.8 Å². The van der Waals surface area contributed by atoms with Crippen LogP contribution in [0.2, 0.25) is 0 Å². The van der Waals surface area contributed by atoms with E-state index in [1.807, 2.05) is 6.08 Å². The van der Waals surface area contributed by atoms with Crippen molar-refractivity contribution in [1.82, 2.24) is 0 Å². The monoisotopic (exact) mass is 346 g/mol. The molecule has 0 saturated carbocycles. The number of aliphatic hydroxyl groups is 1. The average molecular weight is 347 g/mol. The zero-order valence-corrected chi connectivity index (χ0v) is 16.5. The van der Waals surface area contributed by atoms with Gasteiger partial charge in [0, 0.05) is 5.92 Å². The Balaban J connectivity index is 2.20. The first-order valence-corrected chi connectivity index (χ1v) is 9.84. The van der Waals surface area contributed by atoms with Gasteiger partial charge in [-0.3, -0.25) is 0 Å². The van der Waals surface area contributed by atoms with Crippen LogP contribution in [0, 0.1) is 12.8 Å². The molecule has 1 N–H and O–H groups in total. The van der Waals surface area contributed by atoms with E-state index < -0.39 is 0 Å². The molecule has 0 saturated heterocycles. The molecule has 0 aliphatic heterocycles. The highest BCUT2D eigenvalue weighted by molar-refractivity contribution is 5.82. The van der Waals surface area contributed by atoms with Crippen molar-refractivity contribution < 1.29 is 5.11 Å². The molecule has 0 amide bonds. The number of aliphatic hydroxyl groups excluding tert-OH is 1. The van der Waals surface area contributed by atoms with E-state index in [1.165, 1.54) is 33.4 Å². The highest BCUT2D eigenvalue weighted by atomic mass is 16.3. The third-order valence-corrected chi connectivity index (χ3v) is 5.93. The summed E-state index contributed by atoms with van der Waals surface area (Å²) < 4.78 is 0. The molecule has 0 radical (unpaired) electrons.